The second kappa shape index (κ2) is 9.25. The van der Waals surface area contributed by atoms with E-state index in [0.29, 0.717) is 19.8 Å². The maximum Gasteiger partial charge on any atom is 0.436 e. The van der Waals surface area contributed by atoms with E-state index in [2.05, 4.69) is 10.2 Å². The Bertz CT molecular complexity index is 740. The first-order chi connectivity index (χ1) is 12.5. The Hall–Kier alpha value is -0.620. The highest BCUT2D eigenvalue weighted by Gasteiger charge is 2.37. The molecule has 1 unspecified atom stereocenters. The van der Waals surface area contributed by atoms with Crippen molar-refractivity contribution < 1.29 is 35.8 Å². The van der Waals surface area contributed by atoms with Gasteiger partial charge in [0, 0.05) is 6.20 Å². The summed E-state index contributed by atoms with van der Waals surface area (Å²) in [7, 11) is 0. The Morgan fingerprint density at radius 3 is 2.22 bits per heavy atom. The summed E-state index contributed by atoms with van der Waals surface area (Å²) in [6.07, 6.45) is -6.47. The van der Waals surface area contributed by atoms with Crippen molar-refractivity contribution in [2.24, 2.45) is 0 Å². The van der Waals surface area contributed by atoms with E-state index in [-0.39, 0.29) is 19.8 Å². The molecule has 27 heavy (non-hydrogen) atoms. The van der Waals surface area contributed by atoms with Gasteiger partial charge in [-0.3, -0.25) is 9.78 Å². The number of nitrogens with zero attached hydrogens (tertiary/aromatic N) is 3. The number of hydrogen-bond donors (Lipinski definition) is 1. The first-order valence-corrected chi connectivity index (χ1v) is 9.39. The zero-order chi connectivity index (χ0) is 20.2. The predicted molar refractivity (Wildman–Crippen MR) is 96.8 cm³/mol. The van der Waals surface area contributed by atoms with E-state index in [0.717, 1.165) is 6.20 Å². The highest BCUT2D eigenvalue weighted by molar-refractivity contribution is 14.1. The van der Waals surface area contributed by atoms with Crippen LogP contribution in [0, 0.1) is 7.14 Å². The van der Waals surface area contributed by atoms with E-state index >= 15 is 0 Å². The molecule has 1 N–H and O–H groups in total. The number of aromatic amines is 1. The van der Waals surface area contributed by atoms with Crippen LogP contribution in [0.3, 0.4) is 0 Å². The molecule has 1 fully saturated rings. The van der Waals surface area contributed by atoms with Crippen molar-refractivity contribution in [1.82, 2.24) is 20.0 Å². The lowest BCUT2D eigenvalue weighted by atomic mass is 10.3. The summed E-state index contributed by atoms with van der Waals surface area (Å²) >= 11 is 3.19. The second-order valence-electron chi connectivity index (χ2n) is 5.20. The lowest BCUT2D eigenvalue weighted by Crippen LogP contribution is -2.32. The van der Waals surface area contributed by atoms with E-state index in [1.165, 1.54) is 10.9 Å². The topological polar surface area (TPSA) is 65.0 Å². The third-order valence-electron chi connectivity index (χ3n) is 3.14. The minimum absolute atomic E-state index is 0.0881. The van der Waals surface area contributed by atoms with Crippen LogP contribution >= 0.6 is 45.2 Å². The van der Waals surface area contributed by atoms with Gasteiger partial charge in [0.25, 0.3) is 0 Å². The molecule has 0 radical (unpaired) electrons. The average molecular weight is 624 g/mol. The molecule has 0 bridgehead atoms. The number of rotatable bonds is 2. The SMILES string of the molecule is FC(F)(F)c1[nH]ncc1I.FC(F)(F)c1nn(CC2COCCO2)cc1I. The molecule has 1 aliphatic rings. The third kappa shape index (κ3) is 6.74. The van der Waals surface area contributed by atoms with Crippen molar-refractivity contribution >= 4 is 45.2 Å². The molecule has 14 heteroatoms. The van der Waals surface area contributed by atoms with Gasteiger partial charge in [-0.25, -0.2) is 0 Å². The van der Waals surface area contributed by atoms with Crippen molar-refractivity contribution in [2.45, 2.75) is 25.0 Å². The molecule has 1 aliphatic heterocycles. The summed E-state index contributed by atoms with van der Waals surface area (Å²) in [5, 5.41) is 8.62. The quantitative estimate of drug-likeness (QED) is 0.407. The predicted octanol–water partition coefficient (Wildman–Crippen LogP) is 3.96. The minimum atomic E-state index is -4.41. The van der Waals surface area contributed by atoms with Crippen molar-refractivity contribution in [2.75, 3.05) is 19.8 Å². The summed E-state index contributed by atoms with van der Waals surface area (Å²) in [6.45, 7) is 1.65. The fourth-order valence-electron chi connectivity index (χ4n) is 2.00. The summed E-state index contributed by atoms with van der Waals surface area (Å²) in [5.41, 5.74) is -1.64. The molecule has 3 heterocycles. The maximum atomic E-state index is 12.5. The van der Waals surface area contributed by atoms with Gasteiger partial charge in [-0.05, 0) is 45.2 Å². The van der Waals surface area contributed by atoms with Crippen molar-refractivity contribution in [1.29, 1.82) is 0 Å². The molecular weight excluding hydrogens is 612 g/mol. The molecule has 0 amide bonds. The number of H-pyrrole nitrogens is 1. The van der Waals surface area contributed by atoms with Gasteiger partial charge in [-0.15, -0.1) is 0 Å². The second-order valence-corrected chi connectivity index (χ2v) is 7.53. The van der Waals surface area contributed by atoms with Gasteiger partial charge in [-0.2, -0.15) is 36.5 Å². The molecule has 1 atom stereocenters. The van der Waals surface area contributed by atoms with Crippen LogP contribution in [0.4, 0.5) is 26.3 Å². The van der Waals surface area contributed by atoms with E-state index < -0.39 is 23.7 Å². The van der Waals surface area contributed by atoms with Crippen LogP contribution in [-0.2, 0) is 28.4 Å². The largest absolute Gasteiger partial charge is 0.436 e. The smallest absolute Gasteiger partial charge is 0.376 e. The van der Waals surface area contributed by atoms with E-state index in [1.54, 1.807) is 45.2 Å². The number of alkyl halides is 6. The molecule has 2 aromatic rings. The molecule has 0 spiro atoms. The van der Waals surface area contributed by atoms with Crippen molar-refractivity contribution in [3.05, 3.63) is 30.9 Å². The van der Waals surface area contributed by atoms with Crippen molar-refractivity contribution in [3.63, 3.8) is 0 Å². The van der Waals surface area contributed by atoms with Crippen LogP contribution in [0.5, 0.6) is 0 Å². The minimum Gasteiger partial charge on any atom is -0.376 e. The molecule has 152 valence electrons. The number of aromatic nitrogens is 4. The number of ether oxygens (including phenoxy) is 2. The van der Waals surface area contributed by atoms with E-state index in [9.17, 15) is 26.3 Å². The highest BCUT2D eigenvalue weighted by atomic mass is 127. The highest BCUT2D eigenvalue weighted by Crippen LogP contribution is 2.31. The van der Waals surface area contributed by atoms with E-state index in [4.69, 9.17) is 9.47 Å². The summed E-state index contributed by atoms with van der Waals surface area (Å²) in [6, 6.07) is 0. The molecule has 1 saturated heterocycles. The van der Waals surface area contributed by atoms with Crippen LogP contribution in [0.15, 0.2) is 12.4 Å². The van der Waals surface area contributed by atoms with Gasteiger partial charge in [0.15, 0.2) is 11.4 Å². The average Bonchev–Trinajstić information content (AvgIpc) is 3.14. The molecular formula is C13H12F6I2N4O2. The van der Waals surface area contributed by atoms with Crippen LogP contribution in [0.1, 0.15) is 11.4 Å². The normalized spacial score (nSPS) is 18.1. The maximum absolute atomic E-state index is 12.5. The third-order valence-corrected chi connectivity index (χ3v) is 4.75. The zero-order valence-electron chi connectivity index (χ0n) is 13.2. The molecule has 0 aromatic carbocycles. The Morgan fingerprint density at radius 1 is 1.11 bits per heavy atom. The fourth-order valence-corrected chi connectivity index (χ4v) is 3.30. The molecule has 6 nitrogen and oxygen atoms in total. The lowest BCUT2D eigenvalue weighted by molar-refractivity contribution is -0.143. The molecule has 0 saturated carbocycles. The monoisotopic (exact) mass is 624 g/mol. The Balaban J connectivity index is 0.000000223. The molecule has 0 aliphatic carbocycles. The first-order valence-electron chi connectivity index (χ1n) is 7.24. The van der Waals surface area contributed by atoms with Crippen LogP contribution in [0.2, 0.25) is 0 Å². The first kappa shape index (κ1) is 22.7. The summed E-state index contributed by atoms with van der Waals surface area (Å²) in [5.74, 6) is 0. The number of nitrogens with one attached hydrogen (secondary N) is 1. The number of halogens is 8. The van der Waals surface area contributed by atoms with Gasteiger partial charge in [-0.1, -0.05) is 0 Å². The Morgan fingerprint density at radius 2 is 1.81 bits per heavy atom. The van der Waals surface area contributed by atoms with Gasteiger partial charge in [0.05, 0.1) is 39.7 Å². The van der Waals surface area contributed by atoms with Gasteiger partial charge in [0.2, 0.25) is 0 Å². The number of hydrogen-bond acceptors (Lipinski definition) is 4. The van der Waals surface area contributed by atoms with Crippen molar-refractivity contribution in [3.8, 4) is 0 Å². The molecule has 2 aromatic heterocycles. The van der Waals surface area contributed by atoms with Crippen LogP contribution < -0.4 is 0 Å². The lowest BCUT2D eigenvalue weighted by Gasteiger charge is -2.22. The summed E-state index contributed by atoms with van der Waals surface area (Å²) < 4.78 is 84.9. The standard InChI is InChI=1S/C9H10F3IN2O2.C4H2F3IN2/c10-9(11,12)8-7(13)4-15(14-8)3-6-5-16-1-2-17-6;5-4(6,7)3-2(8)1-9-10-3/h4,6H,1-3,5H2;1H,(H,9,10). The van der Waals surface area contributed by atoms with Crippen LogP contribution in [-0.4, -0.2) is 45.9 Å². The van der Waals surface area contributed by atoms with Gasteiger partial charge < -0.3 is 9.47 Å². The Labute approximate surface area is 176 Å². The molecule has 3 rings (SSSR count). The fraction of sp³-hybridized carbons (Fsp3) is 0.538. The summed E-state index contributed by atoms with van der Waals surface area (Å²) in [4.78, 5) is 0. The van der Waals surface area contributed by atoms with E-state index in [1.807, 2.05) is 5.10 Å². The van der Waals surface area contributed by atoms with Gasteiger partial charge >= 0.3 is 12.4 Å². The van der Waals surface area contributed by atoms with Crippen LogP contribution in [0.25, 0.3) is 0 Å². The zero-order valence-corrected chi connectivity index (χ0v) is 17.6. The van der Waals surface area contributed by atoms with Gasteiger partial charge in [0.1, 0.15) is 6.10 Å². The Kier molecular flexibility index (Phi) is 7.77.